The lowest BCUT2D eigenvalue weighted by Gasteiger charge is -2.14. The molecule has 0 amide bonds. The van der Waals surface area contributed by atoms with E-state index in [1.807, 2.05) is 36.4 Å². The highest BCUT2D eigenvalue weighted by molar-refractivity contribution is 5.30. The molecular formula is C16H19NO2. The predicted octanol–water partition coefficient (Wildman–Crippen LogP) is 3.25. The van der Waals surface area contributed by atoms with Crippen molar-refractivity contribution in [1.82, 2.24) is 5.32 Å². The Bertz CT molecular complexity index is 523. The van der Waals surface area contributed by atoms with Crippen LogP contribution >= 0.6 is 0 Å². The Morgan fingerprint density at radius 2 is 1.89 bits per heavy atom. The number of phenolic OH excluding ortho intramolecular Hbond substituents is 1. The molecule has 0 saturated heterocycles. The Balaban J connectivity index is 1.94. The van der Waals surface area contributed by atoms with Crippen LogP contribution in [0.1, 0.15) is 24.1 Å². The number of aromatic hydroxyl groups is 1. The molecule has 2 aromatic rings. The Morgan fingerprint density at radius 1 is 1.16 bits per heavy atom. The number of phenols is 1. The van der Waals surface area contributed by atoms with Crippen LogP contribution in [0, 0.1) is 0 Å². The van der Waals surface area contributed by atoms with Crippen LogP contribution < -0.4 is 10.1 Å². The zero-order chi connectivity index (χ0) is 13.7. The Kier molecular flexibility index (Phi) is 4.42. The first-order chi connectivity index (χ1) is 9.19. The van der Waals surface area contributed by atoms with Crippen LogP contribution in [0.2, 0.25) is 0 Å². The van der Waals surface area contributed by atoms with Crippen molar-refractivity contribution >= 4 is 0 Å². The van der Waals surface area contributed by atoms with Crippen LogP contribution in [0.4, 0.5) is 0 Å². The Hall–Kier alpha value is -2.00. The predicted molar refractivity (Wildman–Crippen MR) is 76.4 cm³/mol. The van der Waals surface area contributed by atoms with Gasteiger partial charge in [-0.15, -0.1) is 0 Å². The summed E-state index contributed by atoms with van der Waals surface area (Å²) in [5.41, 5.74) is 2.28. The highest BCUT2D eigenvalue weighted by Crippen LogP contribution is 2.18. The van der Waals surface area contributed by atoms with E-state index in [9.17, 15) is 5.11 Å². The van der Waals surface area contributed by atoms with Crippen molar-refractivity contribution in [2.75, 3.05) is 7.11 Å². The number of methoxy groups -OCH3 is 1. The normalized spacial score (nSPS) is 12.1. The molecule has 0 fully saturated rings. The number of ether oxygens (including phenoxy) is 1. The van der Waals surface area contributed by atoms with Gasteiger partial charge < -0.3 is 15.2 Å². The molecule has 0 radical (unpaired) electrons. The third-order valence-corrected chi connectivity index (χ3v) is 3.14. The number of benzene rings is 2. The maximum Gasteiger partial charge on any atom is 0.118 e. The molecule has 0 bridgehead atoms. The minimum Gasteiger partial charge on any atom is -0.508 e. The molecule has 3 heteroatoms. The zero-order valence-corrected chi connectivity index (χ0v) is 11.3. The smallest absolute Gasteiger partial charge is 0.118 e. The summed E-state index contributed by atoms with van der Waals surface area (Å²) in [6.07, 6.45) is 0. The topological polar surface area (TPSA) is 41.5 Å². The second-order valence-corrected chi connectivity index (χ2v) is 4.55. The van der Waals surface area contributed by atoms with E-state index in [2.05, 4.69) is 12.2 Å². The maximum absolute atomic E-state index is 9.46. The second-order valence-electron chi connectivity index (χ2n) is 4.55. The van der Waals surface area contributed by atoms with Gasteiger partial charge in [0.1, 0.15) is 11.5 Å². The molecule has 0 aliphatic heterocycles. The third-order valence-electron chi connectivity index (χ3n) is 3.14. The van der Waals surface area contributed by atoms with Crippen molar-refractivity contribution in [1.29, 1.82) is 0 Å². The summed E-state index contributed by atoms with van der Waals surface area (Å²) in [6.45, 7) is 2.86. The molecule has 3 nitrogen and oxygen atoms in total. The van der Waals surface area contributed by atoms with Crippen LogP contribution in [0.5, 0.6) is 11.5 Å². The molecule has 0 saturated carbocycles. The van der Waals surface area contributed by atoms with Crippen molar-refractivity contribution in [2.24, 2.45) is 0 Å². The maximum atomic E-state index is 9.46. The van der Waals surface area contributed by atoms with Gasteiger partial charge >= 0.3 is 0 Å². The van der Waals surface area contributed by atoms with E-state index in [1.54, 1.807) is 19.2 Å². The van der Waals surface area contributed by atoms with Gasteiger partial charge in [-0.3, -0.25) is 0 Å². The highest BCUT2D eigenvalue weighted by Gasteiger charge is 2.05. The van der Waals surface area contributed by atoms with E-state index >= 15 is 0 Å². The second kappa shape index (κ2) is 6.25. The molecule has 2 aromatic carbocycles. The standard InChI is InChI=1S/C16H19NO2/c1-12(14-4-3-5-15(18)10-14)17-11-13-6-8-16(19-2)9-7-13/h3-10,12,17-18H,11H2,1-2H3. The molecule has 0 aromatic heterocycles. The van der Waals surface area contributed by atoms with Crippen LogP contribution in [0.15, 0.2) is 48.5 Å². The summed E-state index contributed by atoms with van der Waals surface area (Å²) < 4.78 is 5.13. The lowest BCUT2D eigenvalue weighted by molar-refractivity contribution is 0.414. The summed E-state index contributed by atoms with van der Waals surface area (Å²) in [5.74, 6) is 1.17. The number of hydrogen-bond acceptors (Lipinski definition) is 3. The van der Waals surface area contributed by atoms with Gasteiger partial charge in [-0.25, -0.2) is 0 Å². The fourth-order valence-electron chi connectivity index (χ4n) is 1.93. The monoisotopic (exact) mass is 257 g/mol. The van der Waals surface area contributed by atoms with E-state index in [0.717, 1.165) is 17.9 Å². The summed E-state index contributed by atoms with van der Waals surface area (Å²) >= 11 is 0. The lowest BCUT2D eigenvalue weighted by Crippen LogP contribution is -2.17. The molecule has 0 aliphatic carbocycles. The Morgan fingerprint density at radius 3 is 2.53 bits per heavy atom. The SMILES string of the molecule is COc1ccc(CNC(C)c2cccc(O)c2)cc1. The molecule has 2 rings (SSSR count). The van der Waals surface area contributed by atoms with Crippen molar-refractivity contribution in [3.05, 3.63) is 59.7 Å². The fourth-order valence-corrected chi connectivity index (χ4v) is 1.93. The third kappa shape index (κ3) is 3.73. The molecule has 2 N–H and O–H groups in total. The molecule has 19 heavy (non-hydrogen) atoms. The molecule has 0 spiro atoms. The highest BCUT2D eigenvalue weighted by atomic mass is 16.5. The summed E-state index contributed by atoms with van der Waals surface area (Å²) in [4.78, 5) is 0. The van der Waals surface area contributed by atoms with E-state index in [-0.39, 0.29) is 6.04 Å². The van der Waals surface area contributed by atoms with E-state index in [0.29, 0.717) is 5.75 Å². The van der Waals surface area contributed by atoms with Crippen LogP contribution in [-0.2, 0) is 6.54 Å². The first-order valence-corrected chi connectivity index (χ1v) is 6.34. The van der Waals surface area contributed by atoms with E-state index < -0.39 is 0 Å². The van der Waals surface area contributed by atoms with Crippen molar-refractivity contribution < 1.29 is 9.84 Å². The molecular weight excluding hydrogens is 238 g/mol. The minimum atomic E-state index is 0.189. The molecule has 1 atom stereocenters. The van der Waals surface area contributed by atoms with Crippen LogP contribution in [0.25, 0.3) is 0 Å². The summed E-state index contributed by atoms with van der Waals surface area (Å²) in [5, 5.41) is 12.9. The van der Waals surface area contributed by atoms with Crippen molar-refractivity contribution in [3.63, 3.8) is 0 Å². The lowest BCUT2D eigenvalue weighted by atomic mass is 10.1. The summed E-state index contributed by atoms with van der Waals surface area (Å²) in [6, 6.07) is 15.5. The zero-order valence-electron chi connectivity index (χ0n) is 11.3. The quantitative estimate of drug-likeness (QED) is 0.864. The first-order valence-electron chi connectivity index (χ1n) is 6.34. The van der Waals surface area contributed by atoms with Gasteiger partial charge in [0, 0.05) is 12.6 Å². The van der Waals surface area contributed by atoms with Crippen molar-refractivity contribution in [3.8, 4) is 11.5 Å². The molecule has 0 aliphatic rings. The van der Waals surface area contributed by atoms with Gasteiger partial charge in [-0.1, -0.05) is 24.3 Å². The molecule has 1 unspecified atom stereocenters. The van der Waals surface area contributed by atoms with Gasteiger partial charge in [0.2, 0.25) is 0 Å². The number of nitrogens with one attached hydrogen (secondary N) is 1. The van der Waals surface area contributed by atoms with Gasteiger partial charge in [0.25, 0.3) is 0 Å². The van der Waals surface area contributed by atoms with E-state index in [1.165, 1.54) is 5.56 Å². The van der Waals surface area contributed by atoms with Gasteiger partial charge in [-0.2, -0.15) is 0 Å². The van der Waals surface area contributed by atoms with E-state index in [4.69, 9.17) is 4.74 Å². The summed E-state index contributed by atoms with van der Waals surface area (Å²) in [7, 11) is 1.66. The number of rotatable bonds is 5. The van der Waals surface area contributed by atoms with Crippen LogP contribution in [0.3, 0.4) is 0 Å². The molecule has 100 valence electrons. The van der Waals surface area contributed by atoms with Gasteiger partial charge in [0.15, 0.2) is 0 Å². The first kappa shape index (κ1) is 13.4. The average molecular weight is 257 g/mol. The fraction of sp³-hybridized carbons (Fsp3) is 0.250. The molecule has 0 heterocycles. The van der Waals surface area contributed by atoms with Gasteiger partial charge in [-0.05, 0) is 42.3 Å². The average Bonchev–Trinajstić information content (AvgIpc) is 2.45. The minimum absolute atomic E-state index is 0.189. The van der Waals surface area contributed by atoms with Gasteiger partial charge in [0.05, 0.1) is 7.11 Å². The van der Waals surface area contributed by atoms with Crippen molar-refractivity contribution in [2.45, 2.75) is 19.5 Å². The Labute approximate surface area is 113 Å². The number of hydrogen-bond donors (Lipinski definition) is 2. The largest absolute Gasteiger partial charge is 0.508 e. The van der Waals surface area contributed by atoms with Crippen LogP contribution in [-0.4, -0.2) is 12.2 Å².